The van der Waals surface area contributed by atoms with Crippen LogP contribution < -0.4 is 16.0 Å². The van der Waals surface area contributed by atoms with E-state index in [1.807, 2.05) is 0 Å². The number of rotatable bonds is 6. The van der Waals surface area contributed by atoms with Crippen molar-refractivity contribution in [2.75, 3.05) is 22.6 Å². The third kappa shape index (κ3) is 4.46. The van der Waals surface area contributed by atoms with E-state index in [1.54, 1.807) is 31.2 Å². The summed E-state index contributed by atoms with van der Waals surface area (Å²) >= 11 is 0. The normalized spacial score (nSPS) is 13.9. The molecule has 0 aromatic heterocycles. The zero-order valence-corrected chi connectivity index (χ0v) is 15.3. The molecule has 7 nitrogen and oxygen atoms in total. The molecule has 3 amide bonds. The van der Waals surface area contributed by atoms with Gasteiger partial charge in [0.1, 0.15) is 11.2 Å². The summed E-state index contributed by atoms with van der Waals surface area (Å²) < 4.78 is 17.8. The Labute approximate surface area is 161 Å². The molecule has 1 saturated carbocycles. The van der Waals surface area contributed by atoms with Crippen LogP contribution in [0.2, 0.25) is 0 Å². The summed E-state index contributed by atoms with van der Waals surface area (Å²) in [5.74, 6) is -1.23. The smallest absolute Gasteiger partial charge is 0.411 e. The van der Waals surface area contributed by atoms with Crippen LogP contribution in [0.1, 0.15) is 19.8 Å². The first kappa shape index (κ1) is 19.3. The Morgan fingerprint density at radius 2 is 1.29 bits per heavy atom. The van der Waals surface area contributed by atoms with Crippen molar-refractivity contribution in [1.82, 2.24) is 0 Å². The minimum atomic E-state index is -1.13. The zero-order valence-electron chi connectivity index (χ0n) is 15.3. The molecule has 0 spiro atoms. The highest BCUT2D eigenvalue weighted by Crippen LogP contribution is 2.47. The Hall–Kier alpha value is -3.42. The predicted molar refractivity (Wildman–Crippen MR) is 102 cm³/mol. The summed E-state index contributed by atoms with van der Waals surface area (Å²) in [5, 5.41) is 7.93. The van der Waals surface area contributed by atoms with Gasteiger partial charge in [0.25, 0.3) is 0 Å². The van der Waals surface area contributed by atoms with Gasteiger partial charge in [0.15, 0.2) is 0 Å². The van der Waals surface area contributed by atoms with Crippen LogP contribution in [0.15, 0.2) is 48.5 Å². The van der Waals surface area contributed by atoms with Crippen LogP contribution in [0.3, 0.4) is 0 Å². The van der Waals surface area contributed by atoms with Crippen LogP contribution in [0.5, 0.6) is 0 Å². The number of hydrogen-bond acceptors (Lipinski definition) is 4. The van der Waals surface area contributed by atoms with Crippen LogP contribution >= 0.6 is 0 Å². The number of halogens is 1. The topological polar surface area (TPSA) is 96.5 Å². The third-order valence-corrected chi connectivity index (χ3v) is 4.39. The lowest BCUT2D eigenvalue weighted by Gasteiger charge is -2.16. The molecular formula is C20H20FN3O4. The van der Waals surface area contributed by atoms with Crippen molar-refractivity contribution in [3.63, 3.8) is 0 Å². The largest absolute Gasteiger partial charge is 0.450 e. The Kier molecular flexibility index (Phi) is 5.58. The van der Waals surface area contributed by atoms with E-state index >= 15 is 0 Å². The number of carbonyl (C=O) groups is 3. The summed E-state index contributed by atoms with van der Waals surface area (Å²) in [6, 6.07) is 11.8. The van der Waals surface area contributed by atoms with Gasteiger partial charge in [0.2, 0.25) is 11.8 Å². The second-order valence-electron chi connectivity index (χ2n) is 6.42. The molecule has 146 valence electrons. The standard InChI is InChI=1S/C20H20FN3O4/c1-2-28-19(27)24-16-9-7-15(8-10-16)23-18(26)20(11-12-20)17(25)22-14-5-3-13(21)4-6-14/h3-10H,2,11-12H2,1H3,(H,22,25)(H,23,26)(H,24,27). The van der Waals surface area contributed by atoms with Gasteiger partial charge < -0.3 is 15.4 Å². The highest BCUT2D eigenvalue weighted by molar-refractivity contribution is 6.16. The zero-order chi connectivity index (χ0) is 20.1. The summed E-state index contributed by atoms with van der Waals surface area (Å²) in [6.45, 7) is 1.97. The summed E-state index contributed by atoms with van der Waals surface area (Å²) in [4.78, 5) is 36.5. The van der Waals surface area contributed by atoms with E-state index in [1.165, 1.54) is 24.3 Å². The molecule has 0 heterocycles. The molecule has 3 N–H and O–H groups in total. The van der Waals surface area contributed by atoms with Crippen LogP contribution in [-0.4, -0.2) is 24.5 Å². The fourth-order valence-corrected chi connectivity index (χ4v) is 2.64. The Morgan fingerprint density at radius 3 is 1.71 bits per heavy atom. The lowest BCUT2D eigenvalue weighted by Crippen LogP contribution is -2.35. The molecule has 0 saturated heterocycles. The van der Waals surface area contributed by atoms with E-state index < -0.39 is 29.1 Å². The summed E-state index contributed by atoms with van der Waals surface area (Å²) in [5.41, 5.74) is 0.322. The third-order valence-electron chi connectivity index (χ3n) is 4.39. The Bertz CT molecular complexity index is 877. The number of carbonyl (C=O) groups excluding carboxylic acids is 3. The van der Waals surface area contributed by atoms with Gasteiger partial charge in [-0.25, -0.2) is 9.18 Å². The van der Waals surface area contributed by atoms with Crippen molar-refractivity contribution in [3.8, 4) is 0 Å². The minimum Gasteiger partial charge on any atom is -0.450 e. The van der Waals surface area contributed by atoms with E-state index in [2.05, 4.69) is 16.0 Å². The second-order valence-corrected chi connectivity index (χ2v) is 6.42. The van der Waals surface area contributed by atoms with E-state index in [9.17, 15) is 18.8 Å². The van der Waals surface area contributed by atoms with E-state index in [-0.39, 0.29) is 6.61 Å². The van der Waals surface area contributed by atoms with Gasteiger partial charge in [0.05, 0.1) is 6.61 Å². The molecule has 0 unspecified atom stereocenters. The molecule has 1 fully saturated rings. The SMILES string of the molecule is CCOC(=O)Nc1ccc(NC(=O)C2(C(=O)Nc3ccc(F)cc3)CC2)cc1. The monoisotopic (exact) mass is 385 g/mol. The van der Waals surface area contributed by atoms with Gasteiger partial charge >= 0.3 is 6.09 Å². The summed E-state index contributed by atoms with van der Waals surface area (Å²) in [6.07, 6.45) is 0.316. The number of anilines is 3. The van der Waals surface area contributed by atoms with Crippen molar-refractivity contribution < 1.29 is 23.5 Å². The second kappa shape index (κ2) is 8.08. The highest BCUT2D eigenvalue weighted by atomic mass is 19.1. The van der Waals surface area contributed by atoms with Crippen LogP contribution in [0.25, 0.3) is 0 Å². The van der Waals surface area contributed by atoms with Crippen molar-refractivity contribution in [3.05, 3.63) is 54.3 Å². The van der Waals surface area contributed by atoms with Gasteiger partial charge in [-0.05, 0) is 68.3 Å². The van der Waals surface area contributed by atoms with Crippen molar-refractivity contribution in [1.29, 1.82) is 0 Å². The maximum atomic E-state index is 13.0. The van der Waals surface area contributed by atoms with Gasteiger partial charge in [-0.3, -0.25) is 14.9 Å². The molecule has 0 atom stereocenters. The molecule has 1 aliphatic rings. The molecule has 3 rings (SSSR count). The average Bonchev–Trinajstić information content (AvgIpc) is 3.47. The average molecular weight is 385 g/mol. The molecule has 2 aromatic carbocycles. The van der Waals surface area contributed by atoms with Gasteiger partial charge in [-0.1, -0.05) is 0 Å². The number of amides is 3. The van der Waals surface area contributed by atoms with Gasteiger partial charge in [0, 0.05) is 17.1 Å². The molecule has 0 aliphatic heterocycles. The maximum absolute atomic E-state index is 13.0. The molecule has 0 bridgehead atoms. The fourth-order valence-electron chi connectivity index (χ4n) is 2.64. The highest BCUT2D eigenvalue weighted by Gasteiger charge is 2.56. The maximum Gasteiger partial charge on any atom is 0.411 e. The van der Waals surface area contributed by atoms with Crippen molar-refractivity contribution >= 4 is 35.0 Å². The van der Waals surface area contributed by atoms with Crippen LogP contribution in [-0.2, 0) is 14.3 Å². The van der Waals surface area contributed by atoms with Gasteiger partial charge in [-0.2, -0.15) is 0 Å². The molecule has 8 heteroatoms. The van der Waals surface area contributed by atoms with E-state index in [0.29, 0.717) is 29.9 Å². The lowest BCUT2D eigenvalue weighted by molar-refractivity contribution is -0.131. The van der Waals surface area contributed by atoms with E-state index in [4.69, 9.17) is 4.74 Å². The van der Waals surface area contributed by atoms with Gasteiger partial charge in [-0.15, -0.1) is 0 Å². The van der Waals surface area contributed by atoms with Crippen LogP contribution in [0.4, 0.5) is 26.2 Å². The van der Waals surface area contributed by atoms with Crippen molar-refractivity contribution in [2.24, 2.45) is 5.41 Å². The Balaban J connectivity index is 1.59. The van der Waals surface area contributed by atoms with E-state index in [0.717, 1.165) is 0 Å². The number of benzene rings is 2. The molecule has 2 aromatic rings. The first-order chi connectivity index (χ1) is 13.4. The first-order valence-corrected chi connectivity index (χ1v) is 8.85. The van der Waals surface area contributed by atoms with Crippen LogP contribution in [0, 0.1) is 11.2 Å². The quantitative estimate of drug-likeness (QED) is 0.660. The number of hydrogen-bond donors (Lipinski definition) is 3. The molecule has 28 heavy (non-hydrogen) atoms. The first-order valence-electron chi connectivity index (χ1n) is 8.85. The molecule has 0 radical (unpaired) electrons. The number of ether oxygens (including phenoxy) is 1. The van der Waals surface area contributed by atoms with Crippen molar-refractivity contribution in [2.45, 2.75) is 19.8 Å². The predicted octanol–water partition coefficient (Wildman–Crippen LogP) is 3.75. The lowest BCUT2D eigenvalue weighted by atomic mass is 10.0. The molecular weight excluding hydrogens is 365 g/mol. The minimum absolute atomic E-state index is 0.266. The Morgan fingerprint density at radius 1 is 0.857 bits per heavy atom. The number of nitrogens with one attached hydrogen (secondary N) is 3. The summed E-state index contributed by atoms with van der Waals surface area (Å²) in [7, 11) is 0. The fraction of sp³-hybridized carbons (Fsp3) is 0.250. The molecule has 1 aliphatic carbocycles.